The SMILES string of the molecule is CC(=O)Nc1cccc(C(=O)N2CCN([C@@H](C(N)=O)c3ccc(Cl)cc3)CC2)c1. The summed E-state index contributed by atoms with van der Waals surface area (Å²) in [5.41, 5.74) is 7.52. The lowest BCUT2D eigenvalue weighted by molar-refractivity contribution is -0.124. The number of nitrogens with two attached hydrogens (primary N) is 1. The van der Waals surface area contributed by atoms with Crippen LogP contribution in [0.25, 0.3) is 0 Å². The van der Waals surface area contributed by atoms with Gasteiger partial charge in [0.1, 0.15) is 6.04 Å². The Morgan fingerprint density at radius 3 is 2.28 bits per heavy atom. The minimum absolute atomic E-state index is 0.112. The van der Waals surface area contributed by atoms with Crippen molar-refractivity contribution in [2.75, 3.05) is 31.5 Å². The number of benzene rings is 2. The van der Waals surface area contributed by atoms with Crippen LogP contribution in [0.1, 0.15) is 28.9 Å². The number of primary amides is 1. The molecule has 3 N–H and O–H groups in total. The first-order chi connectivity index (χ1) is 13.8. The molecule has 0 unspecified atom stereocenters. The topological polar surface area (TPSA) is 95.7 Å². The molecule has 7 nitrogen and oxygen atoms in total. The van der Waals surface area contributed by atoms with Crippen molar-refractivity contribution in [3.05, 3.63) is 64.7 Å². The number of carbonyl (C=O) groups excluding carboxylic acids is 3. The second-order valence-corrected chi connectivity index (χ2v) is 7.38. The van der Waals surface area contributed by atoms with Gasteiger partial charge >= 0.3 is 0 Å². The smallest absolute Gasteiger partial charge is 0.254 e. The van der Waals surface area contributed by atoms with Crippen molar-refractivity contribution in [1.29, 1.82) is 0 Å². The molecule has 0 radical (unpaired) electrons. The Balaban J connectivity index is 1.67. The van der Waals surface area contributed by atoms with Gasteiger partial charge in [0.05, 0.1) is 0 Å². The molecule has 1 aliphatic heterocycles. The summed E-state index contributed by atoms with van der Waals surface area (Å²) in [5, 5.41) is 3.27. The molecule has 0 bridgehead atoms. The minimum atomic E-state index is -0.562. The van der Waals surface area contributed by atoms with E-state index in [2.05, 4.69) is 5.32 Å². The molecular formula is C21H23ClN4O3. The summed E-state index contributed by atoms with van der Waals surface area (Å²) in [4.78, 5) is 39.9. The maximum absolute atomic E-state index is 12.8. The molecule has 29 heavy (non-hydrogen) atoms. The number of halogens is 1. The molecule has 2 aromatic rings. The fraction of sp³-hybridized carbons (Fsp3) is 0.286. The van der Waals surface area contributed by atoms with Gasteiger partial charge in [0.25, 0.3) is 5.91 Å². The van der Waals surface area contributed by atoms with Gasteiger partial charge in [-0.2, -0.15) is 0 Å². The van der Waals surface area contributed by atoms with Gasteiger partial charge in [-0.3, -0.25) is 19.3 Å². The average Bonchev–Trinajstić information content (AvgIpc) is 2.69. The number of hydrogen-bond donors (Lipinski definition) is 2. The van der Waals surface area contributed by atoms with Crippen LogP contribution in [-0.4, -0.2) is 53.7 Å². The zero-order chi connectivity index (χ0) is 21.0. The molecule has 1 fully saturated rings. The molecule has 8 heteroatoms. The highest BCUT2D eigenvalue weighted by molar-refractivity contribution is 6.30. The van der Waals surface area contributed by atoms with Gasteiger partial charge in [-0.15, -0.1) is 0 Å². The van der Waals surface area contributed by atoms with Crippen molar-refractivity contribution in [1.82, 2.24) is 9.80 Å². The molecule has 0 aliphatic carbocycles. The Labute approximate surface area is 174 Å². The van der Waals surface area contributed by atoms with Gasteiger partial charge in [0, 0.05) is 49.4 Å². The third-order valence-corrected chi connectivity index (χ3v) is 5.10. The highest BCUT2D eigenvalue weighted by Gasteiger charge is 2.30. The van der Waals surface area contributed by atoms with E-state index in [-0.39, 0.29) is 11.8 Å². The molecule has 0 saturated carbocycles. The molecule has 2 aromatic carbocycles. The fourth-order valence-corrected chi connectivity index (χ4v) is 3.63. The number of carbonyl (C=O) groups is 3. The van der Waals surface area contributed by atoms with Crippen molar-refractivity contribution in [2.45, 2.75) is 13.0 Å². The van der Waals surface area contributed by atoms with Crippen LogP contribution in [0.3, 0.4) is 0 Å². The predicted octanol–water partition coefficient (Wildman–Crippen LogP) is 2.28. The molecule has 1 atom stereocenters. The summed E-state index contributed by atoms with van der Waals surface area (Å²) >= 11 is 5.94. The molecule has 1 heterocycles. The van der Waals surface area contributed by atoms with Crippen LogP contribution in [0.15, 0.2) is 48.5 Å². The van der Waals surface area contributed by atoms with Crippen molar-refractivity contribution < 1.29 is 14.4 Å². The van der Waals surface area contributed by atoms with E-state index in [4.69, 9.17) is 17.3 Å². The monoisotopic (exact) mass is 414 g/mol. The summed E-state index contributed by atoms with van der Waals surface area (Å²) in [6.07, 6.45) is 0. The summed E-state index contributed by atoms with van der Waals surface area (Å²) in [6.45, 7) is 3.41. The second kappa shape index (κ2) is 9.07. The van der Waals surface area contributed by atoms with E-state index < -0.39 is 11.9 Å². The molecule has 1 aliphatic rings. The molecule has 152 valence electrons. The van der Waals surface area contributed by atoms with E-state index in [0.717, 1.165) is 5.56 Å². The number of amides is 3. The fourth-order valence-electron chi connectivity index (χ4n) is 3.50. The number of hydrogen-bond acceptors (Lipinski definition) is 4. The Hall–Kier alpha value is -2.90. The third-order valence-electron chi connectivity index (χ3n) is 4.85. The largest absolute Gasteiger partial charge is 0.368 e. The van der Waals surface area contributed by atoms with E-state index in [0.29, 0.717) is 42.5 Å². The molecule has 0 aromatic heterocycles. The molecule has 1 saturated heterocycles. The Kier molecular flexibility index (Phi) is 6.51. The quantitative estimate of drug-likeness (QED) is 0.784. The van der Waals surface area contributed by atoms with Crippen molar-refractivity contribution >= 4 is 35.0 Å². The number of anilines is 1. The first-order valence-electron chi connectivity index (χ1n) is 9.31. The van der Waals surface area contributed by atoms with Crippen LogP contribution in [0.2, 0.25) is 5.02 Å². The van der Waals surface area contributed by atoms with Crippen molar-refractivity contribution in [2.24, 2.45) is 5.73 Å². The van der Waals surface area contributed by atoms with Crippen LogP contribution in [0.4, 0.5) is 5.69 Å². The lowest BCUT2D eigenvalue weighted by atomic mass is 10.0. The van der Waals surface area contributed by atoms with Gasteiger partial charge in [-0.05, 0) is 35.9 Å². The minimum Gasteiger partial charge on any atom is -0.368 e. The summed E-state index contributed by atoms with van der Waals surface area (Å²) in [6, 6.07) is 13.3. The molecule has 0 spiro atoms. The van der Waals surface area contributed by atoms with Crippen LogP contribution >= 0.6 is 11.6 Å². The normalized spacial score (nSPS) is 15.6. The van der Waals surface area contributed by atoms with Gasteiger partial charge in [-0.25, -0.2) is 0 Å². The van der Waals surface area contributed by atoms with Gasteiger partial charge in [-0.1, -0.05) is 29.8 Å². The number of piperazine rings is 1. The standard InChI is InChI=1S/C21H23ClN4O3/c1-14(27)24-18-4-2-3-16(13-18)21(29)26-11-9-25(10-12-26)19(20(23)28)15-5-7-17(22)8-6-15/h2-8,13,19H,9-12H2,1H3,(H2,23,28)(H,24,27)/t19-/m1/s1. The van der Waals surface area contributed by atoms with Crippen LogP contribution in [-0.2, 0) is 9.59 Å². The Morgan fingerprint density at radius 2 is 1.69 bits per heavy atom. The van der Waals surface area contributed by atoms with Crippen molar-refractivity contribution in [3.63, 3.8) is 0 Å². The lowest BCUT2D eigenvalue weighted by Gasteiger charge is -2.38. The zero-order valence-electron chi connectivity index (χ0n) is 16.1. The highest BCUT2D eigenvalue weighted by Crippen LogP contribution is 2.24. The lowest BCUT2D eigenvalue weighted by Crippen LogP contribution is -2.51. The number of nitrogens with one attached hydrogen (secondary N) is 1. The van der Waals surface area contributed by atoms with Gasteiger partial charge in [0.2, 0.25) is 11.8 Å². The Bertz CT molecular complexity index is 908. The van der Waals surface area contributed by atoms with Crippen LogP contribution in [0.5, 0.6) is 0 Å². The summed E-state index contributed by atoms with van der Waals surface area (Å²) in [7, 11) is 0. The van der Waals surface area contributed by atoms with E-state index in [1.807, 2.05) is 4.90 Å². The first-order valence-corrected chi connectivity index (χ1v) is 9.68. The van der Waals surface area contributed by atoms with Crippen molar-refractivity contribution in [3.8, 4) is 0 Å². The zero-order valence-corrected chi connectivity index (χ0v) is 16.9. The first kappa shape index (κ1) is 20.8. The number of rotatable bonds is 5. The summed E-state index contributed by atoms with van der Waals surface area (Å²) < 4.78 is 0. The summed E-state index contributed by atoms with van der Waals surface area (Å²) in [5.74, 6) is -0.739. The predicted molar refractivity (Wildman–Crippen MR) is 112 cm³/mol. The van der Waals surface area contributed by atoms with E-state index in [1.165, 1.54) is 6.92 Å². The maximum Gasteiger partial charge on any atom is 0.254 e. The number of nitrogens with zero attached hydrogens (tertiary/aromatic N) is 2. The average molecular weight is 415 g/mol. The van der Waals surface area contributed by atoms with E-state index in [1.54, 1.807) is 53.4 Å². The van der Waals surface area contributed by atoms with Gasteiger partial charge < -0.3 is 16.0 Å². The van der Waals surface area contributed by atoms with Crippen LogP contribution < -0.4 is 11.1 Å². The molecule has 3 rings (SSSR count). The molecule has 3 amide bonds. The maximum atomic E-state index is 12.8. The highest BCUT2D eigenvalue weighted by atomic mass is 35.5. The van der Waals surface area contributed by atoms with Gasteiger partial charge in [0.15, 0.2) is 0 Å². The Morgan fingerprint density at radius 1 is 1.03 bits per heavy atom. The van der Waals surface area contributed by atoms with E-state index in [9.17, 15) is 14.4 Å². The van der Waals surface area contributed by atoms with E-state index >= 15 is 0 Å². The molecular weight excluding hydrogens is 392 g/mol. The third kappa shape index (κ3) is 5.13. The second-order valence-electron chi connectivity index (χ2n) is 6.95. The van der Waals surface area contributed by atoms with Crippen LogP contribution in [0, 0.1) is 0 Å².